The Balaban J connectivity index is 3.45. The van der Waals surface area contributed by atoms with Crippen molar-refractivity contribution in [2.45, 2.75) is 59.3 Å². The number of carboxylic acid groups (broad SMARTS) is 1. The van der Waals surface area contributed by atoms with Crippen LogP contribution in [0.5, 0.6) is 0 Å². The Kier molecular flexibility index (Phi) is 7.54. The molecule has 2 atom stereocenters. The third-order valence-electron chi connectivity index (χ3n) is 2.73. The highest BCUT2D eigenvalue weighted by Crippen LogP contribution is 2.18. The lowest BCUT2D eigenvalue weighted by Gasteiger charge is -2.13. The fraction of sp³-hybridized carbons (Fsp3) is 0.917. The molecule has 0 aliphatic rings. The minimum Gasteiger partial charge on any atom is -0.481 e. The van der Waals surface area contributed by atoms with Crippen molar-refractivity contribution >= 4 is 5.97 Å². The number of aliphatic carboxylic acids is 1. The van der Waals surface area contributed by atoms with Crippen LogP contribution in [0.4, 0.5) is 0 Å². The monoisotopic (exact) mass is 200 g/mol. The molecule has 84 valence electrons. The van der Waals surface area contributed by atoms with Gasteiger partial charge in [-0.05, 0) is 12.3 Å². The molecule has 0 aromatic rings. The summed E-state index contributed by atoms with van der Waals surface area (Å²) >= 11 is 0. The molecule has 0 heterocycles. The largest absolute Gasteiger partial charge is 0.481 e. The van der Waals surface area contributed by atoms with E-state index < -0.39 is 5.97 Å². The molecular weight excluding hydrogens is 176 g/mol. The van der Waals surface area contributed by atoms with E-state index in [1.165, 1.54) is 32.1 Å². The average Bonchev–Trinajstić information content (AvgIpc) is 2.12. The molecule has 0 bridgehead atoms. The first kappa shape index (κ1) is 13.5. The van der Waals surface area contributed by atoms with Crippen LogP contribution in [0.3, 0.4) is 0 Å². The molecule has 0 saturated heterocycles. The van der Waals surface area contributed by atoms with Gasteiger partial charge in [0, 0.05) is 0 Å². The minimum atomic E-state index is -0.662. The van der Waals surface area contributed by atoms with Gasteiger partial charge in [0.1, 0.15) is 0 Å². The molecule has 0 saturated carbocycles. The van der Waals surface area contributed by atoms with E-state index in [2.05, 4.69) is 13.8 Å². The zero-order chi connectivity index (χ0) is 11.0. The summed E-state index contributed by atoms with van der Waals surface area (Å²) in [5, 5.41) is 8.74. The molecule has 0 amide bonds. The zero-order valence-electron chi connectivity index (χ0n) is 9.75. The van der Waals surface area contributed by atoms with Crippen LogP contribution in [0.25, 0.3) is 0 Å². The number of carbonyl (C=O) groups is 1. The van der Waals surface area contributed by atoms with E-state index in [0.29, 0.717) is 5.92 Å². The Bertz CT molecular complexity index is 154. The molecule has 0 rings (SSSR count). The van der Waals surface area contributed by atoms with Crippen molar-refractivity contribution in [2.75, 3.05) is 0 Å². The summed E-state index contributed by atoms with van der Waals surface area (Å²) in [5.74, 6) is -0.292. The Morgan fingerprint density at radius 3 is 2.36 bits per heavy atom. The van der Waals surface area contributed by atoms with Crippen LogP contribution in [0.2, 0.25) is 0 Å². The van der Waals surface area contributed by atoms with Gasteiger partial charge in [-0.3, -0.25) is 4.79 Å². The molecule has 0 fully saturated rings. The lowest BCUT2D eigenvalue weighted by atomic mass is 9.93. The summed E-state index contributed by atoms with van der Waals surface area (Å²) in [5.41, 5.74) is 0. The fourth-order valence-electron chi connectivity index (χ4n) is 1.74. The van der Waals surface area contributed by atoms with Crippen LogP contribution in [0, 0.1) is 11.8 Å². The van der Waals surface area contributed by atoms with Crippen molar-refractivity contribution < 1.29 is 9.90 Å². The van der Waals surface area contributed by atoms with Gasteiger partial charge >= 0.3 is 5.97 Å². The molecule has 0 aromatic carbocycles. The van der Waals surface area contributed by atoms with Crippen LogP contribution in [-0.4, -0.2) is 11.1 Å². The predicted molar refractivity (Wildman–Crippen MR) is 59.3 cm³/mol. The molecule has 0 aliphatic carbocycles. The predicted octanol–water partition coefficient (Wildman–Crippen LogP) is 3.70. The minimum absolute atomic E-state index is 0.184. The normalized spacial score (nSPS) is 15.1. The van der Waals surface area contributed by atoms with E-state index in [1.807, 2.05) is 0 Å². The molecule has 2 unspecified atom stereocenters. The van der Waals surface area contributed by atoms with Gasteiger partial charge < -0.3 is 5.11 Å². The maximum Gasteiger partial charge on any atom is 0.306 e. The molecule has 2 heteroatoms. The second-order valence-electron chi connectivity index (χ2n) is 4.43. The summed E-state index contributed by atoms with van der Waals surface area (Å²) in [7, 11) is 0. The topological polar surface area (TPSA) is 37.3 Å². The summed E-state index contributed by atoms with van der Waals surface area (Å²) in [6, 6.07) is 0. The summed E-state index contributed by atoms with van der Waals surface area (Å²) in [6.45, 7) is 6.16. The van der Waals surface area contributed by atoms with Crippen molar-refractivity contribution in [3.05, 3.63) is 0 Å². The summed E-state index contributed by atoms with van der Waals surface area (Å²) in [6.07, 6.45) is 7.11. The Morgan fingerprint density at radius 1 is 1.21 bits per heavy atom. The van der Waals surface area contributed by atoms with Crippen LogP contribution < -0.4 is 0 Å². The molecule has 0 aliphatic heterocycles. The first-order valence-electron chi connectivity index (χ1n) is 5.80. The lowest BCUT2D eigenvalue weighted by Crippen LogP contribution is -2.13. The smallest absolute Gasteiger partial charge is 0.306 e. The van der Waals surface area contributed by atoms with E-state index in [9.17, 15) is 4.79 Å². The second-order valence-corrected chi connectivity index (χ2v) is 4.43. The van der Waals surface area contributed by atoms with Gasteiger partial charge in [-0.1, -0.05) is 52.9 Å². The van der Waals surface area contributed by atoms with E-state index in [1.54, 1.807) is 6.92 Å². The highest BCUT2D eigenvalue weighted by atomic mass is 16.4. The third kappa shape index (κ3) is 6.93. The summed E-state index contributed by atoms with van der Waals surface area (Å²) < 4.78 is 0. The van der Waals surface area contributed by atoms with E-state index >= 15 is 0 Å². The van der Waals surface area contributed by atoms with Crippen molar-refractivity contribution in [3.63, 3.8) is 0 Å². The third-order valence-corrected chi connectivity index (χ3v) is 2.73. The Hall–Kier alpha value is -0.530. The SMILES string of the molecule is CCCCCCC(C)CC(C)C(=O)O. The fourth-order valence-corrected chi connectivity index (χ4v) is 1.74. The highest BCUT2D eigenvalue weighted by Gasteiger charge is 2.14. The maximum absolute atomic E-state index is 10.6. The molecule has 0 aromatic heterocycles. The molecular formula is C12H24O2. The number of hydrogen-bond donors (Lipinski definition) is 1. The standard InChI is InChI=1S/C12H24O2/c1-4-5-6-7-8-10(2)9-11(3)12(13)14/h10-11H,4-9H2,1-3H3,(H,13,14). The molecule has 1 N–H and O–H groups in total. The maximum atomic E-state index is 10.6. The average molecular weight is 200 g/mol. The Labute approximate surface area is 87.7 Å². The lowest BCUT2D eigenvalue weighted by molar-refractivity contribution is -0.141. The van der Waals surface area contributed by atoms with Gasteiger partial charge in [0.15, 0.2) is 0 Å². The first-order valence-corrected chi connectivity index (χ1v) is 5.80. The number of rotatable bonds is 8. The van der Waals surface area contributed by atoms with Crippen molar-refractivity contribution in [1.82, 2.24) is 0 Å². The molecule has 0 spiro atoms. The van der Waals surface area contributed by atoms with Gasteiger partial charge in [0.25, 0.3) is 0 Å². The molecule has 2 nitrogen and oxygen atoms in total. The zero-order valence-corrected chi connectivity index (χ0v) is 9.75. The number of carboxylic acids is 1. The number of hydrogen-bond acceptors (Lipinski definition) is 1. The van der Waals surface area contributed by atoms with Crippen molar-refractivity contribution in [3.8, 4) is 0 Å². The van der Waals surface area contributed by atoms with E-state index in [0.717, 1.165) is 6.42 Å². The Morgan fingerprint density at radius 2 is 1.86 bits per heavy atom. The first-order chi connectivity index (χ1) is 6.57. The highest BCUT2D eigenvalue weighted by molar-refractivity contribution is 5.69. The van der Waals surface area contributed by atoms with Crippen LogP contribution in [-0.2, 0) is 4.79 Å². The number of unbranched alkanes of at least 4 members (excludes halogenated alkanes) is 3. The van der Waals surface area contributed by atoms with Crippen molar-refractivity contribution in [2.24, 2.45) is 11.8 Å². The van der Waals surface area contributed by atoms with Gasteiger partial charge in [0.2, 0.25) is 0 Å². The van der Waals surface area contributed by atoms with Crippen molar-refractivity contribution in [1.29, 1.82) is 0 Å². The van der Waals surface area contributed by atoms with Crippen LogP contribution in [0.15, 0.2) is 0 Å². The van der Waals surface area contributed by atoms with Gasteiger partial charge in [-0.25, -0.2) is 0 Å². The van der Waals surface area contributed by atoms with Gasteiger partial charge in [-0.2, -0.15) is 0 Å². The second kappa shape index (κ2) is 7.84. The quantitative estimate of drug-likeness (QED) is 0.606. The van der Waals surface area contributed by atoms with Gasteiger partial charge in [-0.15, -0.1) is 0 Å². The van der Waals surface area contributed by atoms with E-state index in [4.69, 9.17) is 5.11 Å². The van der Waals surface area contributed by atoms with Crippen LogP contribution >= 0.6 is 0 Å². The van der Waals surface area contributed by atoms with E-state index in [-0.39, 0.29) is 5.92 Å². The molecule has 0 radical (unpaired) electrons. The molecule has 14 heavy (non-hydrogen) atoms. The summed E-state index contributed by atoms with van der Waals surface area (Å²) in [4.78, 5) is 10.6. The van der Waals surface area contributed by atoms with Crippen LogP contribution in [0.1, 0.15) is 59.3 Å². The van der Waals surface area contributed by atoms with Gasteiger partial charge in [0.05, 0.1) is 5.92 Å².